The standard InChI is InChI=1S/C16H17F2NO/c1-9-7-12(14(18)8-13(9)17)16(19)11-4-5-15(20-3)10(2)6-11/h4-8,16H,19H2,1-3H3. The van der Waals surface area contributed by atoms with Gasteiger partial charge in [-0.05, 0) is 42.7 Å². The molecule has 106 valence electrons. The van der Waals surface area contributed by atoms with E-state index in [2.05, 4.69) is 0 Å². The van der Waals surface area contributed by atoms with Gasteiger partial charge in [0, 0.05) is 11.6 Å². The van der Waals surface area contributed by atoms with Crippen LogP contribution in [0.25, 0.3) is 0 Å². The van der Waals surface area contributed by atoms with Crippen molar-refractivity contribution in [3.05, 3.63) is 64.2 Å². The maximum absolute atomic E-state index is 13.9. The molecule has 0 aliphatic rings. The molecule has 0 saturated carbocycles. The van der Waals surface area contributed by atoms with E-state index in [0.717, 1.165) is 22.9 Å². The highest BCUT2D eigenvalue weighted by molar-refractivity contribution is 5.41. The van der Waals surface area contributed by atoms with Crippen molar-refractivity contribution >= 4 is 0 Å². The van der Waals surface area contributed by atoms with Crippen LogP contribution in [-0.4, -0.2) is 7.11 Å². The second-order valence-corrected chi connectivity index (χ2v) is 4.83. The molecule has 0 heterocycles. The maximum Gasteiger partial charge on any atom is 0.131 e. The SMILES string of the molecule is COc1ccc(C(N)c2cc(C)c(F)cc2F)cc1C. The summed E-state index contributed by atoms with van der Waals surface area (Å²) in [6, 6.07) is 7.11. The van der Waals surface area contributed by atoms with Crippen molar-refractivity contribution in [3.8, 4) is 5.75 Å². The molecule has 2 nitrogen and oxygen atoms in total. The third-order valence-electron chi connectivity index (χ3n) is 3.39. The fourth-order valence-electron chi connectivity index (χ4n) is 2.19. The molecule has 2 rings (SSSR count). The minimum atomic E-state index is -0.640. The largest absolute Gasteiger partial charge is 0.496 e. The molecule has 0 amide bonds. The topological polar surface area (TPSA) is 35.2 Å². The summed E-state index contributed by atoms with van der Waals surface area (Å²) >= 11 is 0. The number of benzene rings is 2. The molecule has 0 radical (unpaired) electrons. The number of ether oxygens (including phenoxy) is 1. The number of halogens is 2. The fraction of sp³-hybridized carbons (Fsp3) is 0.250. The molecule has 2 aromatic carbocycles. The Morgan fingerprint density at radius 3 is 2.30 bits per heavy atom. The van der Waals surface area contributed by atoms with Crippen molar-refractivity contribution in [2.75, 3.05) is 7.11 Å². The third-order valence-corrected chi connectivity index (χ3v) is 3.39. The van der Waals surface area contributed by atoms with E-state index in [-0.39, 0.29) is 5.56 Å². The zero-order valence-corrected chi connectivity index (χ0v) is 11.7. The quantitative estimate of drug-likeness (QED) is 0.929. The van der Waals surface area contributed by atoms with Gasteiger partial charge in [0.15, 0.2) is 0 Å². The van der Waals surface area contributed by atoms with Crippen molar-refractivity contribution in [2.24, 2.45) is 5.73 Å². The second-order valence-electron chi connectivity index (χ2n) is 4.83. The normalized spacial score (nSPS) is 12.3. The number of methoxy groups -OCH3 is 1. The number of aryl methyl sites for hydroxylation is 2. The van der Waals surface area contributed by atoms with E-state index in [1.54, 1.807) is 26.2 Å². The molecule has 0 bridgehead atoms. The highest BCUT2D eigenvalue weighted by atomic mass is 19.1. The molecular formula is C16H17F2NO. The average molecular weight is 277 g/mol. The molecule has 0 aliphatic heterocycles. The lowest BCUT2D eigenvalue weighted by Gasteiger charge is -2.16. The third kappa shape index (κ3) is 2.65. The van der Waals surface area contributed by atoms with Crippen LogP contribution in [0.3, 0.4) is 0 Å². The van der Waals surface area contributed by atoms with E-state index in [1.807, 2.05) is 13.0 Å². The first-order valence-electron chi connectivity index (χ1n) is 6.29. The predicted molar refractivity (Wildman–Crippen MR) is 74.9 cm³/mol. The van der Waals surface area contributed by atoms with Crippen molar-refractivity contribution in [1.82, 2.24) is 0 Å². The molecule has 0 fully saturated rings. The summed E-state index contributed by atoms with van der Waals surface area (Å²) in [5.41, 5.74) is 8.43. The Kier molecular flexibility index (Phi) is 4.04. The Hall–Kier alpha value is -1.94. The van der Waals surface area contributed by atoms with Gasteiger partial charge in [0.1, 0.15) is 17.4 Å². The first kappa shape index (κ1) is 14.5. The zero-order valence-electron chi connectivity index (χ0n) is 11.7. The van der Waals surface area contributed by atoms with Crippen LogP contribution in [0.15, 0.2) is 30.3 Å². The highest BCUT2D eigenvalue weighted by Gasteiger charge is 2.16. The molecule has 0 aromatic heterocycles. The molecule has 2 aromatic rings. The number of hydrogen-bond acceptors (Lipinski definition) is 2. The Bertz CT molecular complexity index is 641. The van der Waals surface area contributed by atoms with Gasteiger partial charge >= 0.3 is 0 Å². The van der Waals surface area contributed by atoms with Gasteiger partial charge in [-0.15, -0.1) is 0 Å². The fourth-order valence-corrected chi connectivity index (χ4v) is 2.19. The number of rotatable bonds is 3. The number of hydrogen-bond donors (Lipinski definition) is 1. The smallest absolute Gasteiger partial charge is 0.131 e. The van der Waals surface area contributed by atoms with Crippen LogP contribution in [0.5, 0.6) is 5.75 Å². The lowest BCUT2D eigenvalue weighted by Crippen LogP contribution is -2.14. The van der Waals surface area contributed by atoms with Gasteiger partial charge in [-0.2, -0.15) is 0 Å². The minimum absolute atomic E-state index is 0.286. The van der Waals surface area contributed by atoms with Gasteiger partial charge in [-0.1, -0.05) is 12.1 Å². The molecule has 4 heteroatoms. The molecule has 0 spiro atoms. The monoisotopic (exact) mass is 277 g/mol. The summed E-state index contributed by atoms with van der Waals surface area (Å²) < 4.78 is 32.3. The van der Waals surface area contributed by atoms with Crippen LogP contribution >= 0.6 is 0 Å². The zero-order chi connectivity index (χ0) is 14.9. The first-order chi connectivity index (χ1) is 9.43. The minimum Gasteiger partial charge on any atom is -0.496 e. The van der Waals surface area contributed by atoms with Gasteiger partial charge in [0.2, 0.25) is 0 Å². The Morgan fingerprint density at radius 1 is 1.00 bits per heavy atom. The lowest BCUT2D eigenvalue weighted by atomic mass is 9.96. The number of nitrogens with two attached hydrogens (primary N) is 1. The van der Waals surface area contributed by atoms with Gasteiger partial charge in [-0.3, -0.25) is 0 Å². The van der Waals surface area contributed by atoms with Crippen LogP contribution in [0.2, 0.25) is 0 Å². The van der Waals surface area contributed by atoms with Crippen molar-refractivity contribution in [2.45, 2.75) is 19.9 Å². The lowest BCUT2D eigenvalue weighted by molar-refractivity contribution is 0.411. The van der Waals surface area contributed by atoms with E-state index < -0.39 is 17.7 Å². The molecule has 20 heavy (non-hydrogen) atoms. The van der Waals surface area contributed by atoms with Crippen molar-refractivity contribution in [1.29, 1.82) is 0 Å². The molecule has 1 unspecified atom stereocenters. The molecule has 2 N–H and O–H groups in total. The summed E-state index contributed by atoms with van der Waals surface area (Å²) in [5.74, 6) is -0.449. The Balaban J connectivity index is 2.43. The van der Waals surface area contributed by atoms with Gasteiger partial charge in [-0.25, -0.2) is 8.78 Å². The molecule has 0 saturated heterocycles. The average Bonchev–Trinajstić information content (AvgIpc) is 2.42. The van der Waals surface area contributed by atoms with Crippen molar-refractivity contribution in [3.63, 3.8) is 0 Å². The molecule has 1 atom stereocenters. The van der Waals surface area contributed by atoms with Gasteiger partial charge in [0.25, 0.3) is 0 Å². The van der Waals surface area contributed by atoms with Gasteiger partial charge in [0.05, 0.1) is 13.2 Å². The van der Waals surface area contributed by atoms with E-state index in [0.29, 0.717) is 5.56 Å². The highest BCUT2D eigenvalue weighted by Crippen LogP contribution is 2.27. The van der Waals surface area contributed by atoms with Crippen molar-refractivity contribution < 1.29 is 13.5 Å². The second kappa shape index (κ2) is 5.59. The van der Waals surface area contributed by atoms with E-state index >= 15 is 0 Å². The summed E-state index contributed by atoms with van der Waals surface area (Å²) in [5, 5.41) is 0. The molecular weight excluding hydrogens is 260 g/mol. The van der Waals surface area contributed by atoms with E-state index in [4.69, 9.17) is 10.5 Å². The predicted octanol–water partition coefficient (Wildman–Crippen LogP) is 3.64. The van der Waals surface area contributed by atoms with Crippen LogP contribution in [0.1, 0.15) is 28.3 Å². The Morgan fingerprint density at radius 2 is 1.70 bits per heavy atom. The van der Waals surface area contributed by atoms with Crippen LogP contribution in [0, 0.1) is 25.5 Å². The molecule has 0 aliphatic carbocycles. The van der Waals surface area contributed by atoms with E-state index in [9.17, 15) is 8.78 Å². The Labute approximate surface area is 117 Å². The van der Waals surface area contributed by atoms with Crippen LogP contribution < -0.4 is 10.5 Å². The van der Waals surface area contributed by atoms with Gasteiger partial charge < -0.3 is 10.5 Å². The summed E-state index contributed by atoms with van der Waals surface area (Å²) in [4.78, 5) is 0. The summed E-state index contributed by atoms with van der Waals surface area (Å²) in [7, 11) is 1.59. The summed E-state index contributed by atoms with van der Waals surface area (Å²) in [6.45, 7) is 3.48. The summed E-state index contributed by atoms with van der Waals surface area (Å²) in [6.07, 6.45) is 0. The first-order valence-corrected chi connectivity index (χ1v) is 6.29. The van der Waals surface area contributed by atoms with E-state index in [1.165, 1.54) is 6.07 Å². The van der Waals surface area contributed by atoms with Crippen LogP contribution in [0.4, 0.5) is 8.78 Å². The van der Waals surface area contributed by atoms with Crippen LogP contribution in [-0.2, 0) is 0 Å². The maximum atomic E-state index is 13.9.